The Balaban J connectivity index is 1.47. The third kappa shape index (κ3) is 3.01. The number of aryl methyl sites for hydroxylation is 2. The van der Waals surface area contributed by atoms with Gasteiger partial charge in [0.2, 0.25) is 0 Å². The number of aromatic nitrogens is 3. The molecule has 1 atom stereocenters. The van der Waals surface area contributed by atoms with Gasteiger partial charge in [0.25, 0.3) is 0 Å². The van der Waals surface area contributed by atoms with E-state index >= 15 is 0 Å². The average Bonchev–Trinajstić information content (AvgIpc) is 3.03. The quantitative estimate of drug-likeness (QED) is 0.899. The van der Waals surface area contributed by atoms with Crippen molar-refractivity contribution >= 4 is 6.03 Å². The first-order chi connectivity index (χ1) is 12.2. The highest BCUT2D eigenvalue weighted by atomic mass is 16.2. The SMILES string of the molecule is CCc1nc2n(n1)CCC[C@@H]2NC(=O)NC1(c2ccccc2)CCC1. The Morgan fingerprint density at radius 3 is 2.76 bits per heavy atom. The van der Waals surface area contributed by atoms with Gasteiger partial charge in [0.1, 0.15) is 5.82 Å². The zero-order valence-corrected chi connectivity index (χ0v) is 14.7. The van der Waals surface area contributed by atoms with Gasteiger partial charge in [-0.05, 0) is 37.7 Å². The highest BCUT2D eigenvalue weighted by molar-refractivity contribution is 5.75. The van der Waals surface area contributed by atoms with Gasteiger partial charge in [-0.15, -0.1) is 0 Å². The van der Waals surface area contributed by atoms with E-state index in [2.05, 4.69) is 39.8 Å². The first-order valence-corrected chi connectivity index (χ1v) is 9.28. The van der Waals surface area contributed by atoms with Crippen molar-refractivity contribution in [3.63, 3.8) is 0 Å². The number of nitrogens with zero attached hydrogens (tertiary/aromatic N) is 3. The fraction of sp³-hybridized carbons (Fsp3) is 0.526. The van der Waals surface area contributed by atoms with E-state index in [-0.39, 0.29) is 17.6 Å². The number of hydrogen-bond acceptors (Lipinski definition) is 3. The Hall–Kier alpha value is -2.37. The molecule has 25 heavy (non-hydrogen) atoms. The summed E-state index contributed by atoms with van der Waals surface area (Å²) in [6.07, 6.45) is 5.86. The summed E-state index contributed by atoms with van der Waals surface area (Å²) in [5.74, 6) is 1.74. The van der Waals surface area contributed by atoms with Crippen LogP contribution < -0.4 is 10.6 Å². The Bertz CT molecular complexity index is 750. The van der Waals surface area contributed by atoms with Gasteiger partial charge >= 0.3 is 6.03 Å². The second-order valence-electron chi connectivity index (χ2n) is 7.06. The summed E-state index contributed by atoms with van der Waals surface area (Å²) in [5, 5.41) is 10.9. The van der Waals surface area contributed by atoms with Gasteiger partial charge in [0, 0.05) is 13.0 Å². The van der Waals surface area contributed by atoms with Crippen molar-refractivity contribution in [3.8, 4) is 0 Å². The summed E-state index contributed by atoms with van der Waals surface area (Å²) in [7, 11) is 0. The molecule has 2 N–H and O–H groups in total. The maximum Gasteiger partial charge on any atom is 0.316 e. The minimum absolute atomic E-state index is 0.0607. The molecule has 0 spiro atoms. The molecule has 0 bridgehead atoms. The van der Waals surface area contributed by atoms with Crippen LogP contribution in [0.2, 0.25) is 0 Å². The molecule has 1 aliphatic carbocycles. The van der Waals surface area contributed by atoms with E-state index in [0.29, 0.717) is 0 Å². The lowest BCUT2D eigenvalue weighted by Crippen LogP contribution is -2.54. The van der Waals surface area contributed by atoms with E-state index in [4.69, 9.17) is 0 Å². The second-order valence-corrected chi connectivity index (χ2v) is 7.06. The van der Waals surface area contributed by atoms with Crippen molar-refractivity contribution in [3.05, 3.63) is 47.5 Å². The lowest BCUT2D eigenvalue weighted by molar-refractivity contribution is 0.173. The highest BCUT2D eigenvalue weighted by Gasteiger charge is 2.40. The van der Waals surface area contributed by atoms with Crippen LogP contribution in [-0.4, -0.2) is 20.8 Å². The van der Waals surface area contributed by atoms with Crippen LogP contribution in [0, 0.1) is 0 Å². The van der Waals surface area contributed by atoms with Gasteiger partial charge < -0.3 is 10.6 Å². The molecule has 2 amide bonds. The number of benzene rings is 1. The zero-order valence-electron chi connectivity index (χ0n) is 14.7. The van der Waals surface area contributed by atoms with Gasteiger partial charge in [-0.3, -0.25) is 0 Å². The summed E-state index contributed by atoms with van der Waals surface area (Å²) in [5.41, 5.74) is 0.971. The van der Waals surface area contributed by atoms with Gasteiger partial charge in [-0.2, -0.15) is 5.10 Å². The molecule has 1 saturated carbocycles. The largest absolute Gasteiger partial charge is 0.329 e. The summed E-state index contributed by atoms with van der Waals surface area (Å²) in [6.45, 7) is 2.94. The molecule has 2 aromatic rings. The number of carbonyl (C=O) groups excluding carboxylic acids is 1. The number of carbonyl (C=O) groups is 1. The molecule has 2 heterocycles. The molecule has 6 heteroatoms. The molecule has 4 rings (SSSR count). The molecule has 0 saturated heterocycles. The molecule has 6 nitrogen and oxygen atoms in total. The highest BCUT2D eigenvalue weighted by Crippen LogP contribution is 2.41. The van der Waals surface area contributed by atoms with Crippen molar-refractivity contribution in [1.29, 1.82) is 0 Å². The van der Waals surface area contributed by atoms with E-state index in [1.807, 2.05) is 22.9 Å². The third-order valence-corrected chi connectivity index (χ3v) is 5.43. The van der Waals surface area contributed by atoms with E-state index in [9.17, 15) is 4.79 Å². The minimum atomic E-state index is -0.220. The van der Waals surface area contributed by atoms with Crippen LogP contribution in [0.1, 0.15) is 62.3 Å². The fourth-order valence-corrected chi connectivity index (χ4v) is 3.87. The molecule has 0 unspecified atom stereocenters. The van der Waals surface area contributed by atoms with Crippen LogP contribution in [0.3, 0.4) is 0 Å². The Kier molecular flexibility index (Phi) is 4.19. The number of amides is 2. The van der Waals surface area contributed by atoms with Gasteiger partial charge in [-0.25, -0.2) is 14.5 Å². The van der Waals surface area contributed by atoms with Crippen LogP contribution >= 0.6 is 0 Å². The van der Waals surface area contributed by atoms with E-state index in [1.54, 1.807) is 0 Å². The molecule has 1 aromatic carbocycles. The van der Waals surface area contributed by atoms with Crippen molar-refractivity contribution in [2.24, 2.45) is 0 Å². The van der Waals surface area contributed by atoms with Crippen LogP contribution in [0.4, 0.5) is 4.79 Å². The normalized spacial score (nSPS) is 21.1. The van der Waals surface area contributed by atoms with Crippen LogP contribution in [0.25, 0.3) is 0 Å². The molecule has 0 radical (unpaired) electrons. The Morgan fingerprint density at radius 2 is 2.08 bits per heavy atom. The number of fused-ring (bicyclic) bond motifs is 1. The van der Waals surface area contributed by atoms with Crippen molar-refractivity contribution < 1.29 is 4.79 Å². The molecule has 132 valence electrons. The molecule has 1 aliphatic heterocycles. The van der Waals surface area contributed by atoms with Crippen molar-refractivity contribution in [2.75, 3.05) is 0 Å². The van der Waals surface area contributed by atoms with Gasteiger partial charge in [0.15, 0.2) is 5.82 Å². The van der Waals surface area contributed by atoms with Crippen molar-refractivity contribution in [1.82, 2.24) is 25.4 Å². The lowest BCUT2D eigenvalue weighted by atomic mass is 9.72. The van der Waals surface area contributed by atoms with Gasteiger partial charge in [0.05, 0.1) is 11.6 Å². The number of urea groups is 1. The summed E-state index contributed by atoms with van der Waals surface area (Å²) >= 11 is 0. The Morgan fingerprint density at radius 1 is 1.28 bits per heavy atom. The van der Waals surface area contributed by atoms with Gasteiger partial charge in [-0.1, -0.05) is 37.3 Å². The van der Waals surface area contributed by atoms with E-state index in [1.165, 1.54) is 5.56 Å². The van der Waals surface area contributed by atoms with E-state index < -0.39 is 0 Å². The maximum absolute atomic E-state index is 12.7. The van der Waals surface area contributed by atoms with Crippen LogP contribution in [-0.2, 0) is 18.5 Å². The predicted octanol–water partition coefficient (Wildman–Crippen LogP) is 3.05. The average molecular weight is 339 g/mol. The first-order valence-electron chi connectivity index (χ1n) is 9.28. The smallest absolute Gasteiger partial charge is 0.316 e. The first kappa shape index (κ1) is 16.1. The zero-order chi connectivity index (χ0) is 17.3. The van der Waals surface area contributed by atoms with Crippen molar-refractivity contribution in [2.45, 2.75) is 63.6 Å². The van der Waals surface area contributed by atoms with Crippen LogP contribution in [0.5, 0.6) is 0 Å². The fourth-order valence-electron chi connectivity index (χ4n) is 3.87. The Labute approximate surface area is 148 Å². The third-order valence-electron chi connectivity index (χ3n) is 5.43. The molecule has 1 aromatic heterocycles. The molecular formula is C19H25N5O. The van der Waals surface area contributed by atoms with E-state index in [0.717, 1.165) is 56.7 Å². The molecular weight excluding hydrogens is 314 g/mol. The number of hydrogen-bond donors (Lipinski definition) is 2. The summed E-state index contributed by atoms with van der Waals surface area (Å²) < 4.78 is 1.95. The predicted molar refractivity (Wildman–Crippen MR) is 95.0 cm³/mol. The minimum Gasteiger partial charge on any atom is -0.329 e. The summed E-state index contributed by atoms with van der Waals surface area (Å²) in [6, 6.07) is 10.1. The molecule has 2 aliphatic rings. The number of rotatable bonds is 4. The topological polar surface area (TPSA) is 71.8 Å². The van der Waals surface area contributed by atoms with Crippen LogP contribution in [0.15, 0.2) is 30.3 Å². The second kappa shape index (κ2) is 6.50. The lowest BCUT2D eigenvalue weighted by Gasteiger charge is -2.43. The summed E-state index contributed by atoms with van der Waals surface area (Å²) in [4.78, 5) is 17.3. The number of nitrogens with one attached hydrogen (secondary N) is 2. The standard InChI is InChI=1S/C19H25N5O/c1-2-16-21-17-15(10-6-13-24(17)23-16)20-18(25)22-19(11-7-12-19)14-8-4-3-5-9-14/h3-5,8-9,15H,2,6-7,10-13H2,1H3,(H2,20,22,25)/t15-/m0/s1. The maximum atomic E-state index is 12.7. The monoisotopic (exact) mass is 339 g/mol. The molecule has 1 fully saturated rings.